The number of hydrogen-bond donors (Lipinski definition) is 1. The van der Waals surface area contributed by atoms with Gasteiger partial charge in [0.25, 0.3) is 0 Å². The van der Waals surface area contributed by atoms with Gasteiger partial charge < -0.3 is 10.5 Å². The Bertz CT molecular complexity index is 510. The highest BCUT2D eigenvalue weighted by Gasteiger charge is 2.05. The molecule has 0 aliphatic heterocycles. The maximum absolute atomic E-state index is 12.9. The Hall–Kier alpha value is -1.55. The SMILES string of the molecule is Nc1cccc(Br)c1COc1cccc(F)c1. The van der Waals surface area contributed by atoms with E-state index < -0.39 is 0 Å². The van der Waals surface area contributed by atoms with E-state index in [2.05, 4.69) is 15.9 Å². The minimum absolute atomic E-state index is 0.302. The summed E-state index contributed by atoms with van der Waals surface area (Å²) in [5.41, 5.74) is 7.34. The van der Waals surface area contributed by atoms with Gasteiger partial charge in [-0.05, 0) is 24.3 Å². The number of benzene rings is 2. The first-order valence-corrected chi connectivity index (χ1v) is 5.87. The molecule has 4 heteroatoms. The van der Waals surface area contributed by atoms with Gasteiger partial charge in [0.15, 0.2) is 0 Å². The number of anilines is 1. The third-order valence-electron chi connectivity index (χ3n) is 2.33. The van der Waals surface area contributed by atoms with E-state index in [1.807, 2.05) is 12.1 Å². The summed E-state index contributed by atoms with van der Waals surface area (Å²) in [6.45, 7) is 0.302. The molecule has 0 spiro atoms. The van der Waals surface area contributed by atoms with Crippen LogP contribution in [-0.2, 0) is 6.61 Å². The molecule has 0 heterocycles. The van der Waals surface area contributed by atoms with Crippen molar-refractivity contribution in [1.82, 2.24) is 0 Å². The van der Waals surface area contributed by atoms with Gasteiger partial charge in [-0.25, -0.2) is 4.39 Å². The molecule has 2 N–H and O–H groups in total. The molecule has 88 valence electrons. The van der Waals surface area contributed by atoms with E-state index in [0.29, 0.717) is 18.0 Å². The number of nitrogen functional groups attached to an aromatic ring is 1. The molecular formula is C13H11BrFNO. The second kappa shape index (κ2) is 5.19. The first kappa shape index (κ1) is 11.9. The molecule has 0 aliphatic carbocycles. The van der Waals surface area contributed by atoms with Crippen LogP contribution in [0.3, 0.4) is 0 Å². The zero-order chi connectivity index (χ0) is 12.3. The summed E-state index contributed by atoms with van der Waals surface area (Å²) in [7, 11) is 0. The maximum atomic E-state index is 12.9. The van der Waals surface area contributed by atoms with Gasteiger partial charge in [-0.15, -0.1) is 0 Å². The molecule has 0 fully saturated rings. The maximum Gasteiger partial charge on any atom is 0.126 e. The van der Waals surface area contributed by atoms with Crippen LogP contribution in [-0.4, -0.2) is 0 Å². The minimum atomic E-state index is -0.317. The molecule has 0 atom stereocenters. The van der Waals surface area contributed by atoms with Gasteiger partial charge in [0.05, 0.1) is 0 Å². The standard InChI is InChI=1S/C13H11BrFNO/c14-12-5-2-6-13(16)11(12)8-17-10-4-1-3-9(15)7-10/h1-7H,8,16H2. The van der Waals surface area contributed by atoms with Crippen LogP contribution in [0.15, 0.2) is 46.9 Å². The molecule has 0 bridgehead atoms. The van der Waals surface area contributed by atoms with E-state index in [1.165, 1.54) is 12.1 Å². The van der Waals surface area contributed by atoms with Crippen LogP contribution in [0.4, 0.5) is 10.1 Å². The third-order valence-corrected chi connectivity index (χ3v) is 3.08. The van der Waals surface area contributed by atoms with E-state index >= 15 is 0 Å². The Kier molecular flexibility index (Phi) is 3.64. The van der Waals surface area contributed by atoms with Crippen molar-refractivity contribution in [2.45, 2.75) is 6.61 Å². The van der Waals surface area contributed by atoms with Crippen LogP contribution in [0, 0.1) is 5.82 Å². The summed E-state index contributed by atoms with van der Waals surface area (Å²) in [5.74, 6) is 0.169. The molecular weight excluding hydrogens is 285 g/mol. The third kappa shape index (κ3) is 2.97. The van der Waals surface area contributed by atoms with Crippen molar-refractivity contribution in [2.75, 3.05) is 5.73 Å². The second-order valence-electron chi connectivity index (χ2n) is 3.55. The number of rotatable bonds is 3. The molecule has 0 aliphatic rings. The quantitative estimate of drug-likeness (QED) is 0.875. The van der Waals surface area contributed by atoms with Crippen LogP contribution in [0.25, 0.3) is 0 Å². The molecule has 2 aromatic carbocycles. The van der Waals surface area contributed by atoms with Crippen LogP contribution in [0.2, 0.25) is 0 Å². The predicted molar refractivity (Wildman–Crippen MR) is 69.3 cm³/mol. The van der Waals surface area contributed by atoms with Crippen LogP contribution in [0.5, 0.6) is 5.75 Å². The average molecular weight is 296 g/mol. The molecule has 0 unspecified atom stereocenters. The van der Waals surface area contributed by atoms with Crippen LogP contribution < -0.4 is 10.5 Å². The second-order valence-corrected chi connectivity index (χ2v) is 4.41. The highest BCUT2D eigenvalue weighted by Crippen LogP contribution is 2.24. The summed E-state index contributed by atoms with van der Waals surface area (Å²) in [6, 6.07) is 11.6. The molecule has 17 heavy (non-hydrogen) atoms. The van der Waals surface area contributed by atoms with Crippen molar-refractivity contribution in [1.29, 1.82) is 0 Å². The monoisotopic (exact) mass is 295 g/mol. The molecule has 2 rings (SSSR count). The minimum Gasteiger partial charge on any atom is -0.489 e. The summed E-state index contributed by atoms with van der Waals surface area (Å²) < 4.78 is 19.3. The number of hydrogen-bond acceptors (Lipinski definition) is 2. The Balaban J connectivity index is 2.13. The molecule has 0 radical (unpaired) electrons. The molecule has 0 amide bonds. The van der Waals surface area contributed by atoms with Gasteiger partial charge in [0, 0.05) is 21.8 Å². The van der Waals surface area contributed by atoms with Crippen molar-refractivity contribution in [3.8, 4) is 5.75 Å². The smallest absolute Gasteiger partial charge is 0.126 e. The molecule has 0 aromatic heterocycles. The lowest BCUT2D eigenvalue weighted by Gasteiger charge is -2.10. The Labute approximate surface area is 107 Å². The van der Waals surface area contributed by atoms with Crippen LogP contribution in [0.1, 0.15) is 5.56 Å². The topological polar surface area (TPSA) is 35.2 Å². The van der Waals surface area contributed by atoms with Gasteiger partial charge >= 0.3 is 0 Å². The zero-order valence-corrected chi connectivity index (χ0v) is 10.6. The lowest BCUT2D eigenvalue weighted by atomic mass is 10.2. The number of nitrogens with two attached hydrogens (primary N) is 1. The Morgan fingerprint density at radius 2 is 1.94 bits per heavy atom. The summed E-state index contributed by atoms with van der Waals surface area (Å²) >= 11 is 3.40. The van der Waals surface area contributed by atoms with Crippen molar-refractivity contribution in [3.05, 3.63) is 58.3 Å². The van der Waals surface area contributed by atoms with E-state index in [4.69, 9.17) is 10.5 Å². The summed E-state index contributed by atoms with van der Waals surface area (Å²) in [6.07, 6.45) is 0. The molecule has 0 saturated heterocycles. The van der Waals surface area contributed by atoms with Gasteiger partial charge in [0.1, 0.15) is 18.2 Å². The van der Waals surface area contributed by atoms with Gasteiger partial charge in [-0.2, -0.15) is 0 Å². The normalized spacial score (nSPS) is 10.2. The van der Waals surface area contributed by atoms with Crippen molar-refractivity contribution < 1.29 is 9.13 Å². The number of ether oxygens (including phenoxy) is 1. The van der Waals surface area contributed by atoms with E-state index in [0.717, 1.165) is 10.0 Å². The van der Waals surface area contributed by atoms with Crippen molar-refractivity contribution in [2.24, 2.45) is 0 Å². The highest BCUT2D eigenvalue weighted by molar-refractivity contribution is 9.10. The lowest BCUT2D eigenvalue weighted by molar-refractivity contribution is 0.304. The average Bonchev–Trinajstić information content (AvgIpc) is 2.28. The van der Waals surface area contributed by atoms with E-state index in [1.54, 1.807) is 18.2 Å². The largest absolute Gasteiger partial charge is 0.489 e. The Morgan fingerprint density at radius 1 is 1.18 bits per heavy atom. The Morgan fingerprint density at radius 3 is 2.65 bits per heavy atom. The molecule has 0 saturated carbocycles. The lowest BCUT2D eigenvalue weighted by Crippen LogP contribution is -2.01. The van der Waals surface area contributed by atoms with Crippen molar-refractivity contribution in [3.63, 3.8) is 0 Å². The predicted octanol–water partition coefficient (Wildman–Crippen LogP) is 3.75. The molecule has 2 nitrogen and oxygen atoms in total. The summed E-state index contributed by atoms with van der Waals surface area (Å²) in [5, 5.41) is 0. The molecule has 2 aromatic rings. The van der Waals surface area contributed by atoms with E-state index in [-0.39, 0.29) is 5.82 Å². The fourth-order valence-corrected chi connectivity index (χ4v) is 1.94. The van der Waals surface area contributed by atoms with E-state index in [9.17, 15) is 4.39 Å². The van der Waals surface area contributed by atoms with Crippen LogP contribution >= 0.6 is 15.9 Å². The van der Waals surface area contributed by atoms with Crippen molar-refractivity contribution >= 4 is 21.6 Å². The number of halogens is 2. The van der Waals surface area contributed by atoms with Gasteiger partial charge in [0.2, 0.25) is 0 Å². The fraction of sp³-hybridized carbons (Fsp3) is 0.0769. The fourth-order valence-electron chi connectivity index (χ4n) is 1.44. The first-order chi connectivity index (χ1) is 8.16. The highest BCUT2D eigenvalue weighted by atomic mass is 79.9. The van der Waals surface area contributed by atoms with Gasteiger partial charge in [-0.3, -0.25) is 0 Å². The first-order valence-electron chi connectivity index (χ1n) is 5.08. The zero-order valence-electron chi connectivity index (χ0n) is 8.99. The van der Waals surface area contributed by atoms with Gasteiger partial charge in [-0.1, -0.05) is 28.1 Å². The summed E-state index contributed by atoms with van der Waals surface area (Å²) in [4.78, 5) is 0.